The van der Waals surface area contributed by atoms with Crippen LogP contribution in [0.1, 0.15) is 34.6 Å². The first-order chi connectivity index (χ1) is 17.1. The summed E-state index contributed by atoms with van der Waals surface area (Å²) in [4.78, 5) is 0. The van der Waals surface area contributed by atoms with Crippen molar-refractivity contribution in [1.29, 1.82) is 0 Å². The van der Waals surface area contributed by atoms with Crippen molar-refractivity contribution in [1.82, 2.24) is 0 Å². The summed E-state index contributed by atoms with van der Waals surface area (Å²) in [5.74, 6) is 0.135. The Morgan fingerprint density at radius 3 is 2.19 bits per heavy atom. The third kappa shape index (κ3) is 3.19. The van der Waals surface area contributed by atoms with Gasteiger partial charge in [0.25, 0.3) is 0 Å². The fourth-order valence-corrected chi connectivity index (χ4v) is 5.77. The molecule has 0 amide bonds. The van der Waals surface area contributed by atoms with Crippen molar-refractivity contribution >= 4 is 0 Å². The van der Waals surface area contributed by atoms with Crippen LogP contribution in [-0.2, 0) is 17.4 Å². The lowest BCUT2D eigenvalue weighted by Crippen LogP contribution is -2.52. The lowest BCUT2D eigenvalue weighted by atomic mass is 9.70. The van der Waals surface area contributed by atoms with Gasteiger partial charge in [-0.05, 0) is 35.7 Å². The van der Waals surface area contributed by atoms with Gasteiger partial charge in [-0.2, -0.15) is 13.2 Å². The predicted octanol–water partition coefficient (Wildman–Crippen LogP) is 4.76. The van der Waals surface area contributed by atoms with Crippen molar-refractivity contribution in [2.45, 2.75) is 35.8 Å². The van der Waals surface area contributed by atoms with Gasteiger partial charge in [0.1, 0.15) is 23.0 Å². The Kier molecular flexibility index (Phi) is 5.61. The number of halogens is 3. The molecule has 0 bridgehead atoms. The summed E-state index contributed by atoms with van der Waals surface area (Å²) in [5, 5.41) is 23.8. The predicted molar refractivity (Wildman–Crippen MR) is 124 cm³/mol. The van der Waals surface area contributed by atoms with E-state index in [1.807, 2.05) is 0 Å². The molecule has 2 aliphatic rings. The van der Waals surface area contributed by atoms with Gasteiger partial charge in [0.15, 0.2) is 11.2 Å². The van der Waals surface area contributed by atoms with Gasteiger partial charge in [-0.25, -0.2) is 0 Å². The first-order valence-electron chi connectivity index (χ1n) is 11.3. The molecule has 0 spiro atoms. The molecule has 5 rings (SSSR count). The summed E-state index contributed by atoms with van der Waals surface area (Å²) >= 11 is 0. The molecule has 0 saturated heterocycles. The van der Waals surface area contributed by atoms with Gasteiger partial charge in [0, 0.05) is 18.1 Å². The highest BCUT2D eigenvalue weighted by atomic mass is 19.4. The summed E-state index contributed by atoms with van der Waals surface area (Å²) in [7, 11) is 4.33. The molecular formula is C27H25F3O6. The average molecular weight is 502 g/mol. The summed E-state index contributed by atoms with van der Waals surface area (Å²) in [6, 6.07) is 14.7. The summed E-state index contributed by atoms with van der Waals surface area (Å²) in [6.45, 7) is 0. The van der Waals surface area contributed by atoms with Crippen molar-refractivity contribution in [3.8, 4) is 23.0 Å². The highest BCUT2D eigenvalue weighted by Gasteiger charge is 2.74. The molecule has 190 valence electrons. The number of ether oxygens (including phenoxy) is 4. The smallest absolute Gasteiger partial charge is 0.416 e. The molecular weight excluding hydrogens is 477 g/mol. The average Bonchev–Trinajstić information content (AvgIpc) is 3.28. The van der Waals surface area contributed by atoms with Gasteiger partial charge < -0.3 is 29.2 Å². The Balaban J connectivity index is 1.83. The first-order valence-corrected chi connectivity index (χ1v) is 11.3. The zero-order valence-electron chi connectivity index (χ0n) is 19.8. The largest absolute Gasteiger partial charge is 0.497 e. The van der Waals surface area contributed by atoms with Crippen LogP contribution in [0.2, 0.25) is 0 Å². The van der Waals surface area contributed by atoms with E-state index in [-0.39, 0.29) is 29.0 Å². The Morgan fingerprint density at radius 1 is 0.917 bits per heavy atom. The third-order valence-electron chi connectivity index (χ3n) is 7.31. The third-order valence-corrected chi connectivity index (χ3v) is 7.31. The highest BCUT2D eigenvalue weighted by Crippen LogP contribution is 2.69. The summed E-state index contributed by atoms with van der Waals surface area (Å²) < 4.78 is 65.0. The molecule has 1 saturated carbocycles. The second kappa shape index (κ2) is 8.31. The van der Waals surface area contributed by atoms with Crippen molar-refractivity contribution in [2.75, 3.05) is 21.3 Å². The molecule has 9 heteroatoms. The zero-order chi connectivity index (χ0) is 25.9. The zero-order valence-corrected chi connectivity index (χ0v) is 19.8. The van der Waals surface area contributed by atoms with Crippen molar-refractivity contribution < 1.29 is 42.3 Å². The van der Waals surface area contributed by atoms with Crippen LogP contribution in [0, 0.1) is 0 Å². The van der Waals surface area contributed by atoms with Crippen LogP contribution < -0.4 is 18.9 Å². The Labute approximate surface area is 205 Å². The minimum atomic E-state index is -4.66. The molecule has 36 heavy (non-hydrogen) atoms. The van der Waals surface area contributed by atoms with Crippen LogP contribution in [0.3, 0.4) is 0 Å². The van der Waals surface area contributed by atoms with E-state index >= 15 is 0 Å². The number of aliphatic hydroxyl groups is 2. The molecule has 1 unspecified atom stereocenters. The second-order valence-electron chi connectivity index (χ2n) is 8.92. The highest BCUT2D eigenvalue weighted by molar-refractivity contribution is 5.62. The standard InChI is InChI=1S/C27H25F3O6/c1-33-16-10-8-15(9-11-16)26-20(18-6-4-5-7-19(18)27(28,29)30)14-23(31)25(26,32)24-21(35-3)12-17(34-2)13-22(24)36-26/h4-13,20,23,31-32H,14H2,1-3H3/t20-,23?,25+,26-/m0/s1. The molecule has 1 aliphatic heterocycles. The first kappa shape index (κ1) is 24.3. The van der Waals surface area contributed by atoms with Gasteiger partial charge in [0.05, 0.1) is 38.6 Å². The molecule has 1 heterocycles. The van der Waals surface area contributed by atoms with Crippen molar-refractivity contribution in [3.63, 3.8) is 0 Å². The van der Waals surface area contributed by atoms with E-state index in [9.17, 15) is 23.4 Å². The second-order valence-corrected chi connectivity index (χ2v) is 8.92. The maximum absolute atomic E-state index is 14.1. The van der Waals surface area contributed by atoms with E-state index < -0.39 is 35.0 Å². The Bertz CT molecular complexity index is 1290. The maximum Gasteiger partial charge on any atom is 0.416 e. The normalized spacial score (nSPS) is 26.7. The topological polar surface area (TPSA) is 77.4 Å². The number of hydrogen-bond acceptors (Lipinski definition) is 6. The van der Waals surface area contributed by atoms with E-state index in [0.29, 0.717) is 17.1 Å². The fourth-order valence-electron chi connectivity index (χ4n) is 5.77. The van der Waals surface area contributed by atoms with Gasteiger partial charge in [-0.3, -0.25) is 0 Å². The van der Waals surface area contributed by atoms with Gasteiger partial charge in [0.2, 0.25) is 0 Å². The number of methoxy groups -OCH3 is 3. The van der Waals surface area contributed by atoms with Crippen molar-refractivity contribution in [3.05, 3.63) is 82.9 Å². The number of fused-ring (bicyclic) bond motifs is 3. The van der Waals surface area contributed by atoms with Gasteiger partial charge in [-0.1, -0.05) is 30.3 Å². The van der Waals surface area contributed by atoms with Gasteiger partial charge in [-0.15, -0.1) is 0 Å². The lowest BCUT2D eigenvalue weighted by molar-refractivity contribution is -0.152. The quantitative estimate of drug-likeness (QED) is 0.524. The molecule has 1 aliphatic carbocycles. The molecule has 0 radical (unpaired) electrons. The number of hydrogen-bond donors (Lipinski definition) is 2. The fraction of sp³-hybridized carbons (Fsp3) is 0.333. The Morgan fingerprint density at radius 2 is 1.58 bits per heavy atom. The molecule has 1 fully saturated rings. The number of benzene rings is 3. The van der Waals surface area contributed by atoms with Crippen LogP contribution >= 0.6 is 0 Å². The van der Waals surface area contributed by atoms with Crippen LogP contribution in [0.25, 0.3) is 0 Å². The van der Waals surface area contributed by atoms with Crippen LogP contribution in [0.15, 0.2) is 60.7 Å². The molecule has 3 aromatic carbocycles. The van der Waals surface area contributed by atoms with E-state index in [1.54, 1.807) is 24.3 Å². The maximum atomic E-state index is 14.1. The van der Waals surface area contributed by atoms with Crippen molar-refractivity contribution in [2.24, 2.45) is 0 Å². The molecule has 4 atom stereocenters. The van der Waals surface area contributed by atoms with E-state index in [2.05, 4.69) is 0 Å². The SMILES string of the molecule is COc1ccc([C@@]23Oc4cc(OC)cc(OC)c4[C@]2(O)C(O)C[C@H]3c2ccccc2C(F)(F)F)cc1. The Hall–Kier alpha value is -3.43. The molecule has 2 N–H and O–H groups in total. The van der Waals surface area contributed by atoms with Gasteiger partial charge >= 0.3 is 6.18 Å². The minimum absolute atomic E-state index is 0.0884. The van der Waals surface area contributed by atoms with E-state index in [4.69, 9.17) is 18.9 Å². The number of alkyl halides is 3. The molecule has 0 aromatic heterocycles. The molecule has 6 nitrogen and oxygen atoms in total. The molecule has 3 aromatic rings. The lowest BCUT2D eigenvalue weighted by Gasteiger charge is -2.41. The van der Waals surface area contributed by atoms with E-state index in [0.717, 1.165) is 6.07 Å². The number of aliphatic hydroxyl groups excluding tert-OH is 1. The minimum Gasteiger partial charge on any atom is -0.497 e. The monoisotopic (exact) mass is 502 g/mol. The van der Waals surface area contributed by atoms with Crippen LogP contribution in [0.4, 0.5) is 13.2 Å². The summed E-state index contributed by atoms with van der Waals surface area (Å²) in [5.41, 5.74) is -4.37. The summed E-state index contributed by atoms with van der Waals surface area (Å²) in [6.07, 6.45) is -6.32. The number of rotatable bonds is 5. The van der Waals surface area contributed by atoms with E-state index in [1.165, 1.54) is 51.7 Å². The van der Waals surface area contributed by atoms with Crippen LogP contribution in [-0.4, -0.2) is 37.6 Å². The van der Waals surface area contributed by atoms with Crippen LogP contribution in [0.5, 0.6) is 23.0 Å².